The average molecular weight is 336 g/mol. The number of rotatable bonds is 11. The molecule has 0 saturated heterocycles. The van der Waals surface area contributed by atoms with Crippen molar-refractivity contribution in [3.8, 4) is 0 Å². The molecular formula is C14H33NaO5S. The molecule has 0 aliphatic carbocycles. The first-order chi connectivity index (χ1) is 9.31. The molecule has 7 heteroatoms. The van der Waals surface area contributed by atoms with Gasteiger partial charge in [-0.25, -0.2) is 0 Å². The van der Waals surface area contributed by atoms with E-state index in [-0.39, 0.29) is 31.0 Å². The van der Waals surface area contributed by atoms with Crippen molar-refractivity contribution in [1.29, 1.82) is 0 Å². The third-order valence-corrected chi connectivity index (χ3v) is 2.92. The zero-order valence-corrected chi connectivity index (χ0v) is 17.0. The van der Waals surface area contributed by atoms with Crippen LogP contribution in [0, 0.1) is 0 Å². The molecule has 1 unspecified atom stereocenters. The van der Waals surface area contributed by atoms with Crippen molar-refractivity contribution in [2.45, 2.75) is 84.7 Å². The summed E-state index contributed by atoms with van der Waals surface area (Å²) in [6, 6.07) is 0. The number of hydrogen-bond acceptors (Lipinski definition) is 3. The van der Waals surface area contributed by atoms with Gasteiger partial charge in [-0.2, -0.15) is 8.42 Å². The topological polar surface area (TPSA) is 83.8 Å². The molecule has 0 fully saturated rings. The quantitative estimate of drug-likeness (QED) is 0.338. The van der Waals surface area contributed by atoms with Gasteiger partial charge in [0.05, 0.1) is 6.10 Å². The van der Waals surface area contributed by atoms with Gasteiger partial charge in [0.2, 0.25) is 0 Å². The van der Waals surface area contributed by atoms with E-state index in [1.54, 1.807) is 0 Å². The zero-order chi connectivity index (χ0) is 15.9. The molecule has 21 heavy (non-hydrogen) atoms. The Morgan fingerprint density at radius 1 is 0.952 bits per heavy atom. The summed E-state index contributed by atoms with van der Waals surface area (Å²) in [5.41, 5.74) is 0. The normalized spacial score (nSPS) is 12.0. The Bertz CT molecular complexity index is 281. The molecule has 0 aromatic carbocycles. The van der Waals surface area contributed by atoms with Crippen molar-refractivity contribution < 1.29 is 53.2 Å². The van der Waals surface area contributed by atoms with E-state index in [0.29, 0.717) is 6.10 Å². The van der Waals surface area contributed by atoms with Gasteiger partial charge in [-0.15, -0.1) is 0 Å². The number of hydrogen-bond donors (Lipinski definition) is 2. The molecule has 0 aliphatic heterocycles. The van der Waals surface area contributed by atoms with E-state index in [2.05, 4.69) is 20.8 Å². The van der Waals surface area contributed by atoms with Crippen molar-refractivity contribution in [3.63, 3.8) is 0 Å². The second kappa shape index (κ2) is 18.9. The van der Waals surface area contributed by atoms with Crippen LogP contribution in [0.4, 0.5) is 0 Å². The van der Waals surface area contributed by atoms with Crippen LogP contribution in [0.1, 0.15) is 80.0 Å². The van der Waals surface area contributed by atoms with E-state index < -0.39 is 10.4 Å². The first-order valence-electron chi connectivity index (χ1n) is 7.62. The van der Waals surface area contributed by atoms with Crippen LogP contribution in [-0.4, -0.2) is 30.2 Å². The van der Waals surface area contributed by atoms with Crippen molar-refractivity contribution in [2.75, 3.05) is 6.61 Å². The van der Waals surface area contributed by atoms with Gasteiger partial charge in [0, 0.05) is 6.61 Å². The van der Waals surface area contributed by atoms with E-state index in [1.807, 2.05) is 0 Å². The molecule has 126 valence electrons. The van der Waals surface area contributed by atoms with Crippen LogP contribution in [0.3, 0.4) is 0 Å². The molecule has 0 radical (unpaired) electrons. The second-order valence-electron chi connectivity index (χ2n) is 4.98. The Morgan fingerprint density at radius 2 is 1.33 bits per heavy atom. The van der Waals surface area contributed by atoms with Gasteiger partial charge in [0.25, 0.3) is 0 Å². The maximum absolute atomic E-state index is 8.74. The summed E-state index contributed by atoms with van der Waals surface area (Å²) >= 11 is 0. The van der Waals surface area contributed by atoms with Crippen molar-refractivity contribution in [3.05, 3.63) is 0 Å². The Labute approximate surface area is 154 Å². The summed E-state index contributed by atoms with van der Waals surface area (Å²) < 4.78 is 37.1. The average Bonchev–Trinajstić information content (AvgIpc) is 2.31. The standard InChI is InChI=1S/C14H30O.Na.H2O4S.H/c1-4-6-7-8-9-10-11-12-13-14(3)15-5-2;;1-5(2,3)4;/h14H,4-13H2,1-3H3;;(H2,1,2,3,4);/q;+1;;-1. The van der Waals surface area contributed by atoms with Gasteiger partial charge in [0.1, 0.15) is 0 Å². The molecule has 0 aromatic heterocycles. The van der Waals surface area contributed by atoms with Crippen LogP contribution in [0.2, 0.25) is 0 Å². The largest absolute Gasteiger partial charge is 1.00 e. The summed E-state index contributed by atoms with van der Waals surface area (Å²) in [6.07, 6.45) is 12.9. The van der Waals surface area contributed by atoms with Gasteiger partial charge in [-0.05, 0) is 20.3 Å². The van der Waals surface area contributed by atoms with Crippen LogP contribution in [0.5, 0.6) is 0 Å². The van der Waals surface area contributed by atoms with Crippen LogP contribution in [-0.2, 0) is 15.1 Å². The monoisotopic (exact) mass is 336 g/mol. The van der Waals surface area contributed by atoms with Crippen molar-refractivity contribution in [1.82, 2.24) is 0 Å². The Kier molecular flexibility index (Phi) is 24.0. The summed E-state index contributed by atoms with van der Waals surface area (Å²) in [7, 11) is -4.67. The number of unbranched alkanes of at least 4 members (excludes halogenated alkanes) is 7. The second-order valence-corrected chi connectivity index (χ2v) is 5.87. The minimum atomic E-state index is -4.67. The van der Waals surface area contributed by atoms with Gasteiger partial charge < -0.3 is 6.16 Å². The maximum atomic E-state index is 8.74. The predicted octanol–water partition coefficient (Wildman–Crippen LogP) is 1.41. The molecule has 0 bridgehead atoms. The molecule has 0 aromatic rings. The smallest absolute Gasteiger partial charge is 1.00 e. The van der Waals surface area contributed by atoms with E-state index in [0.717, 1.165) is 6.61 Å². The minimum absolute atomic E-state index is 0. The fourth-order valence-corrected chi connectivity index (χ4v) is 1.93. The van der Waals surface area contributed by atoms with E-state index in [1.165, 1.54) is 57.8 Å². The predicted molar refractivity (Wildman–Crippen MR) is 83.6 cm³/mol. The number of ether oxygens (including phenoxy) is 1. The molecule has 0 rings (SSSR count). The van der Waals surface area contributed by atoms with Crippen molar-refractivity contribution in [2.24, 2.45) is 0 Å². The summed E-state index contributed by atoms with van der Waals surface area (Å²) in [5, 5.41) is 0. The molecule has 2 N–H and O–H groups in total. The fourth-order valence-electron chi connectivity index (χ4n) is 1.93. The third kappa shape index (κ3) is 38.6. The fraction of sp³-hybridized carbons (Fsp3) is 1.00. The Morgan fingerprint density at radius 3 is 1.71 bits per heavy atom. The molecule has 0 aliphatic rings. The molecule has 0 heterocycles. The van der Waals surface area contributed by atoms with Gasteiger partial charge >= 0.3 is 40.0 Å². The van der Waals surface area contributed by atoms with Crippen LogP contribution in [0.15, 0.2) is 0 Å². The van der Waals surface area contributed by atoms with Crippen molar-refractivity contribution >= 4 is 10.4 Å². The maximum Gasteiger partial charge on any atom is 1.00 e. The third-order valence-electron chi connectivity index (χ3n) is 2.92. The molecule has 1 atom stereocenters. The van der Waals surface area contributed by atoms with Crippen LogP contribution in [0.25, 0.3) is 0 Å². The first-order valence-corrected chi connectivity index (χ1v) is 9.02. The molecule has 5 nitrogen and oxygen atoms in total. The van der Waals surface area contributed by atoms with E-state index >= 15 is 0 Å². The first kappa shape index (κ1) is 26.7. The molecule has 0 amide bonds. The van der Waals surface area contributed by atoms with Gasteiger partial charge in [-0.1, -0.05) is 58.3 Å². The Hall–Kier alpha value is 0.830. The summed E-state index contributed by atoms with van der Waals surface area (Å²) in [6.45, 7) is 7.39. The molecule has 0 spiro atoms. The van der Waals surface area contributed by atoms with E-state index in [4.69, 9.17) is 22.3 Å². The molecule has 0 saturated carbocycles. The molecular weight excluding hydrogens is 303 g/mol. The Balaban J connectivity index is -0.000000201. The van der Waals surface area contributed by atoms with E-state index in [9.17, 15) is 0 Å². The van der Waals surface area contributed by atoms with Gasteiger partial charge in [0.15, 0.2) is 0 Å². The minimum Gasteiger partial charge on any atom is -1.00 e. The van der Waals surface area contributed by atoms with Crippen LogP contribution < -0.4 is 29.6 Å². The summed E-state index contributed by atoms with van der Waals surface area (Å²) in [5.74, 6) is 0. The summed E-state index contributed by atoms with van der Waals surface area (Å²) in [4.78, 5) is 0. The SMILES string of the molecule is CCCCCCCCCCC(C)OCC.O=S(=O)(O)O.[H-].[Na+]. The zero-order valence-electron chi connectivity index (χ0n) is 15.2. The van der Waals surface area contributed by atoms with Gasteiger partial charge in [-0.3, -0.25) is 9.11 Å². The van der Waals surface area contributed by atoms with Crippen LogP contribution >= 0.6 is 0 Å².